The minimum absolute atomic E-state index is 0.244. The van der Waals surface area contributed by atoms with E-state index in [9.17, 15) is 4.79 Å². The first kappa shape index (κ1) is 16.9. The lowest BCUT2D eigenvalue weighted by Gasteiger charge is -2.09. The summed E-state index contributed by atoms with van der Waals surface area (Å²) in [4.78, 5) is 21.1. The van der Waals surface area contributed by atoms with E-state index in [1.165, 1.54) is 0 Å². The number of hydrogen-bond acceptors (Lipinski definition) is 4. The molecule has 2 N–H and O–H groups in total. The van der Waals surface area contributed by atoms with Gasteiger partial charge in [0.25, 0.3) is 5.91 Å². The molecule has 3 aromatic rings. The highest BCUT2D eigenvalue weighted by atomic mass is 16.1. The SMILES string of the molecule is CC(C)CCNc1ccc(C(=O)Nc2cccc3cccnc23)nc1. The number of anilines is 2. The standard InChI is InChI=1S/C20H22N4O/c1-14(2)10-12-21-16-8-9-18(23-13-16)20(25)24-17-7-3-5-15-6-4-11-22-19(15)17/h3-9,11,13-14,21H,10,12H2,1-2H3,(H,24,25). The average molecular weight is 334 g/mol. The molecule has 2 aromatic heterocycles. The van der Waals surface area contributed by atoms with Gasteiger partial charge >= 0.3 is 0 Å². The van der Waals surface area contributed by atoms with Gasteiger partial charge in [-0.1, -0.05) is 32.0 Å². The summed E-state index contributed by atoms with van der Waals surface area (Å²) in [5.41, 5.74) is 2.75. The molecule has 0 radical (unpaired) electrons. The Kier molecular flexibility index (Phi) is 5.23. The number of carbonyl (C=O) groups is 1. The van der Waals surface area contributed by atoms with Gasteiger partial charge in [-0.15, -0.1) is 0 Å². The molecule has 5 heteroatoms. The van der Waals surface area contributed by atoms with Crippen LogP contribution in [-0.2, 0) is 0 Å². The molecule has 1 aromatic carbocycles. The third-order valence-corrected chi connectivity index (χ3v) is 3.93. The van der Waals surface area contributed by atoms with E-state index in [-0.39, 0.29) is 5.91 Å². The lowest BCUT2D eigenvalue weighted by molar-refractivity contribution is 0.102. The van der Waals surface area contributed by atoms with Crippen molar-refractivity contribution in [1.29, 1.82) is 0 Å². The highest BCUT2D eigenvalue weighted by Gasteiger charge is 2.10. The Hall–Kier alpha value is -2.95. The van der Waals surface area contributed by atoms with Crippen LogP contribution in [0.5, 0.6) is 0 Å². The van der Waals surface area contributed by atoms with Crippen LogP contribution in [-0.4, -0.2) is 22.4 Å². The second-order valence-electron chi connectivity index (χ2n) is 6.38. The predicted octanol–water partition coefficient (Wildman–Crippen LogP) is 4.34. The van der Waals surface area contributed by atoms with E-state index in [2.05, 4.69) is 34.4 Å². The molecule has 3 rings (SSSR count). The normalized spacial score (nSPS) is 10.8. The van der Waals surface area contributed by atoms with Gasteiger partial charge in [-0.3, -0.25) is 9.78 Å². The molecule has 0 aliphatic carbocycles. The van der Waals surface area contributed by atoms with E-state index in [4.69, 9.17) is 0 Å². The van der Waals surface area contributed by atoms with Crippen molar-refractivity contribution in [3.63, 3.8) is 0 Å². The topological polar surface area (TPSA) is 66.9 Å². The quantitative estimate of drug-likeness (QED) is 0.704. The summed E-state index contributed by atoms with van der Waals surface area (Å²) >= 11 is 0. The molecule has 0 saturated carbocycles. The van der Waals surface area contributed by atoms with Crippen LogP contribution in [0.3, 0.4) is 0 Å². The number of para-hydroxylation sites is 1. The van der Waals surface area contributed by atoms with E-state index in [1.54, 1.807) is 18.5 Å². The third kappa shape index (κ3) is 4.32. The Morgan fingerprint density at radius 3 is 2.68 bits per heavy atom. The summed E-state index contributed by atoms with van der Waals surface area (Å²) in [6.45, 7) is 5.28. The molecule has 0 aliphatic rings. The Balaban J connectivity index is 1.68. The second kappa shape index (κ2) is 7.75. The van der Waals surface area contributed by atoms with E-state index in [0.717, 1.165) is 29.6 Å². The van der Waals surface area contributed by atoms with Crippen LogP contribution in [0, 0.1) is 5.92 Å². The van der Waals surface area contributed by atoms with Gasteiger partial charge in [0.1, 0.15) is 5.69 Å². The van der Waals surface area contributed by atoms with Gasteiger partial charge in [-0.25, -0.2) is 4.98 Å². The van der Waals surface area contributed by atoms with Crippen LogP contribution in [0.2, 0.25) is 0 Å². The Bertz CT molecular complexity index is 854. The number of hydrogen-bond donors (Lipinski definition) is 2. The fourth-order valence-electron chi connectivity index (χ4n) is 2.53. The molecule has 128 valence electrons. The van der Waals surface area contributed by atoms with E-state index < -0.39 is 0 Å². The molecule has 1 amide bonds. The minimum atomic E-state index is -0.244. The van der Waals surface area contributed by atoms with Crippen LogP contribution in [0.25, 0.3) is 10.9 Å². The fraction of sp³-hybridized carbons (Fsp3) is 0.250. The van der Waals surface area contributed by atoms with Gasteiger partial charge < -0.3 is 10.6 Å². The summed E-state index contributed by atoms with van der Waals surface area (Å²) < 4.78 is 0. The Morgan fingerprint density at radius 1 is 1.08 bits per heavy atom. The molecule has 0 atom stereocenters. The molecular weight excluding hydrogens is 312 g/mol. The van der Waals surface area contributed by atoms with Crippen molar-refractivity contribution in [3.05, 3.63) is 60.6 Å². The van der Waals surface area contributed by atoms with Crippen LogP contribution < -0.4 is 10.6 Å². The largest absolute Gasteiger partial charge is 0.384 e. The molecule has 0 spiro atoms. The molecule has 0 aliphatic heterocycles. The van der Waals surface area contributed by atoms with Crippen LogP contribution >= 0.6 is 0 Å². The van der Waals surface area contributed by atoms with Gasteiger partial charge in [0.15, 0.2) is 0 Å². The monoisotopic (exact) mass is 334 g/mol. The van der Waals surface area contributed by atoms with Crippen molar-refractivity contribution in [2.45, 2.75) is 20.3 Å². The summed E-state index contributed by atoms with van der Waals surface area (Å²) in [5.74, 6) is 0.409. The number of fused-ring (bicyclic) bond motifs is 1. The highest BCUT2D eigenvalue weighted by Crippen LogP contribution is 2.21. The first-order valence-corrected chi connectivity index (χ1v) is 8.48. The average Bonchev–Trinajstić information content (AvgIpc) is 2.62. The van der Waals surface area contributed by atoms with E-state index in [0.29, 0.717) is 17.3 Å². The number of aromatic nitrogens is 2. The summed E-state index contributed by atoms with van der Waals surface area (Å²) in [7, 11) is 0. The lowest BCUT2D eigenvalue weighted by atomic mass is 10.1. The zero-order valence-electron chi connectivity index (χ0n) is 14.5. The van der Waals surface area contributed by atoms with Crippen molar-refractivity contribution >= 4 is 28.2 Å². The maximum atomic E-state index is 12.5. The maximum absolute atomic E-state index is 12.5. The number of benzene rings is 1. The minimum Gasteiger partial charge on any atom is -0.384 e. The smallest absolute Gasteiger partial charge is 0.274 e. The summed E-state index contributed by atoms with van der Waals surface area (Å²) in [5, 5.41) is 7.19. The number of amides is 1. The van der Waals surface area contributed by atoms with Crippen molar-refractivity contribution in [2.24, 2.45) is 5.92 Å². The molecule has 0 fully saturated rings. The molecule has 25 heavy (non-hydrogen) atoms. The number of nitrogens with one attached hydrogen (secondary N) is 2. The van der Waals surface area contributed by atoms with E-state index >= 15 is 0 Å². The van der Waals surface area contributed by atoms with Crippen LogP contribution in [0.4, 0.5) is 11.4 Å². The first-order chi connectivity index (χ1) is 12.1. The number of pyridine rings is 2. The van der Waals surface area contributed by atoms with Gasteiger partial charge in [0.2, 0.25) is 0 Å². The zero-order valence-corrected chi connectivity index (χ0v) is 14.5. The molecule has 5 nitrogen and oxygen atoms in total. The van der Waals surface area contributed by atoms with Gasteiger partial charge in [0.05, 0.1) is 23.1 Å². The number of rotatable bonds is 6. The molecule has 0 unspecified atom stereocenters. The molecule has 2 heterocycles. The first-order valence-electron chi connectivity index (χ1n) is 8.48. The summed E-state index contributed by atoms with van der Waals surface area (Å²) in [6.07, 6.45) is 4.50. The lowest BCUT2D eigenvalue weighted by Crippen LogP contribution is -2.14. The molecule has 0 saturated heterocycles. The van der Waals surface area contributed by atoms with Crippen molar-refractivity contribution in [1.82, 2.24) is 9.97 Å². The molecular formula is C20H22N4O. The maximum Gasteiger partial charge on any atom is 0.274 e. The number of nitrogens with zero attached hydrogens (tertiary/aromatic N) is 2. The van der Waals surface area contributed by atoms with Gasteiger partial charge in [0, 0.05) is 18.1 Å². The third-order valence-electron chi connectivity index (χ3n) is 3.93. The fourth-order valence-corrected chi connectivity index (χ4v) is 2.53. The van der Waals surface area contributed by atoms with E-state index in [1.807, 2.05) is 36.4 Å². The zero-order chi connectivity index (χ0) is 17.6. The highest BCUT2D eigenvalue weighted by molar-refractivity contribution is 6.07. The molecule has 0 bridgehead atoms. The Morgan fingerprint density at radius 2 is 1.92 bits per heavy atom. The van der Waals surface area contributed by atoms with Crippen molar-refractivity contribution < 1.29 is 4.79 Å². The number of carbonyl (C=O) groups excluding carboxylic acids is 1. The van der Waals surface area contributed by atoms with Gasteiger partial charge in [-0.2, -0.15) is 0 Å². The van der Waals surface area contributed by atoms with Crippen LogP contribution in [0.1, 0.15) is 30.8 Å². The van der Waals surface area contributed by atoms with Crippen LogP contribution in [0.15, 0.2) is 54.9 Å². The van der Waals surface area contributed by atoms with Gasteiger partial charge in [-0.05, 0) is 36.6 Å². The summed E-state index contributed by atoms with van der Waals surface area (Å²) in [6, 6.07) is 13.2. The van der Waals surface area contributed by atoms with Crippen molar-refractivity contribution in [3.8, 4) is 0 Å². The Labute approximate surface area is 147 Å². The second-order valence-corrected chi connectivity index (χ2v) is 6.38. The van der Waals surface area contributed by atoms with Crippen molar-refractivity contribution in [2.75, 3.05) is 17.2 Å². The predicted molar refractivity (Wildman–Crippen MR) is 102 cm³/mol.